The van der Waals surface area contributed by atoms with Gasteiger partial charge in [-0.15, -0.1) is 10.2 Å². The normalized spacial score (nSPS) is 17.5. The Labute approximate surface area is 188 Å². The molecule has 1 aromatic heterocycles. The zero-order valence-electron chi connectivity index (χ0n) is 17.8. The molecule has 0 saturated carbocycles. The molecule has 6 nitrogen and oxygen atoms in total. The smallest absolute Gasteiger partial charge is 0.243 e. The third-order valence-corrected chi connectivity index (χ3v) is 7.84. The van der Waals surface area contributed by atoms with Crippen LogP contribution in [0.2, 0.25) is 0 Å². The van der Waals surface area contributed by atoms with Crippen LogP contribution in [0, 0.1) is 0 Å². The van der Waals surface area contributed by atoms with Gasteiger partial charge in [-0.25, -0.2) is 8.42 Å². The number of rotatable bonds is 4. The fourth-order valence-corrected chi connectivity index (χ4v) is 5.84. The van der Waals surface area contributed by atoms with E-state index in [0.717, 1.165) is 27.8 Å². The van der Waals surface area contributed by atoms with E-state index in [0.29, 0.717) is 24.5 Å². The van der Waals surface area contributed by atoms with Crippen molar-refractivity contribution in [2.24, 2.45) is 0 Å². The van der Waals surface area contributed by atoms with E-state index < -0.39 is 10.0 Å². The highest BCUT2D eigenvalue weighted by molar-refractivity contribution is 7.89. The van der Waals surface area contributed by atoms with Crippen molar-refractivity contribution < 1.29 is 8.42 Å². The number of anilines is 1. The van der Waals surface area contributed by atoms with Gasteiger partial charge in [-0.2, -0.15) is 4.31 Å². The fraction of sp³-hybridized carbons (Fsp3) is 0.200. The van der Waals surface area contributed by atoms with Crippen molar-refractivity contribution in [2.45, 2.75) is 17.9 Å². The molecular formula is C25H24N4O2S. The average molecular weight is 445 g/mol. The van der Waals surface area contributed by atoms with Gasteiger partial charge >= 0.3 is 0 Å². The lowest BCUT2D eigenvalue weighted by Gasteiger charge is -2.40. The molecule has 4 aromatic rings. The molecule has 0 N–H and O–H groups in total. The molecule has 1 saturated heterocycles. The minimum absolute atomic E-state index is 0.0393. The van der Waals surface area contributed by atoms with Crippen molar-refractivity contribution in [3.05, 3.63) is 84.9 Å². The number of nitrogens with zero attached hydrogens (tertiary/aromatic N) is 4. The maximum Gasteiger partial charge on any atom is 0.243 e. The van der Waals surface area contributed by atoms with Crippen LogP contribution in [0.1, 0.15) is 6.92 Å². The molecule has 1 atom stereocenters. The zero-order valence-corrected chi connectivity index (χ0v) is 18.6. The molecule has 2 heterocycles. The molecule has 1 aliphatic rings. The van der Waals surface area contributed by atoms with Crippen molar-refractivity contribution in [3.8, 4) is 11.3 Å². The molecular weight excluding hydrogens is 420 g/mol. The van der Waals surface area contributed by atoms with Crippen molar-refractivity contribution in [1.29, 1.82) is 0 Å². The molecule has 1 aliphatic heterocycles. The largest absolute Gasteiger partial charge is 0.349 e. The predicted molar refractivity (Wildman–Crippen MR) is 127 cm³/mol. The third kappa shape index (κ3) is 3.63. The second-order valence-corrected chi connectivity index (χ2v) is 9.94. The Balaban J connectivity index is 1.47. The lowest BCUT2D eigenvalue weighted by molar-refractivity contribution is 0.341. The first-order chi connectivity index (χ1) is 15.6. The second kappa shape index (κ2) is 8.33. The van der Waals surface area contributed by atoms with E-state index in [-0.39, 0.29) is 6.04 Å². The summed E-state index contributed by atoms with van der Waals surface area (Å²) in [5.74, 6) is 0.796. The van der Waals surface area contributed by atoms with Gasteiger partial charge < -0.3 is 4.90 Å². The number of sulfonamides is 1. The van der Waals surface area contributed by atoms with Gasteiger partial charge in [-0.1, -0.05) is 72.8 Å². The van der Waals surface area contributed by atoms with Crippen LogP contribution in [0.4, 0.5) is 5.82 Å². The zero-order chi connectivity index (χ0) is 22.1. The molecule has 0 spiro atoms. The van der Waals surface area contributed by atoms with Crippen molar-refractivity contribution in [3.63, 3.8) is 0 Å². The number of piperazine rings is 1. The Morgan fingerprint density at radius 2 is 1.41 bits per heavy atom. The summed E-state index contributed by atoms with van der Waals surface area (Å²) < 4.78 is 27.7. The number of hydrogen-bond donors (Lipinski definition) is 0. The van der Waals surface area contributed by atoms with Gasteiger partial charge in [0, 0.05) is 42.0 Å². The summed E-state index contributed by atoms with van der Waals surface area (Å²) in [4.78, 5) is 2.50. The van der Waals surface area contributed by atoms with E-state index in [1.54, 1.807) is 28.6 Å². The molecule has 0 aliphatic carbocycles. The molecule has 0 radical (unpaired) electrons. The number of fused-ring (bicyclic) bond motifs is 1. The molecule has 0 amide bonds. The second-order valence-electron chi connectivity index (χ2n) is 8.00. The summed E-state index contributed by atoms with van der Waals surface area (Å²) in [5.41, 5.74) is 1.87. The van der Waals surface area contributed by atoms with Crippen molar-refractivity contribution >= 4 is 26.6 Å². The first-order valence-corrected chi connectivity index (χ1v) is 12.1. The Morgan fingerprint density at radius 1 is 0.781 bits per heavy atom. The van der Waals surface area contributed by atoms with Gasteiger partial charge in [0.1, 0.15) is 5.69 Å². The highest BCUT2D eigenvalue weighted by atomic mass is 32.2. The molecule has 7 heteroatoms. The number of aromatic nitrogens is 2. The molecule has 1 fully saturated rings. The molecule has 32 heavy (non-hydrogen) atoms. The van der Waals surface area contributed by atoms with Gasteiger partial charge in [0.2, 0.25) is 10.0 Å². The predicted octanol–water partition coefficient (Wildman–Crippen LogP) is 4.20. The standard InChI is InChI=1S/C25H24N4O2S/c1-19-18-28(32(30,31)21-12-6-3-7-13-21)16-17-29(19)25-23-15-9-8-14-22(23)24(26-27-25)20-10-4-2-5-11-20/h2-15,19H,16-18H2,1H3. The van der Waals surface area contributed by atoms with Gasteiger partial charge in [0.15, 0.2) is 5.82 Å². The summed E-state index contributed by atoms with van der Waals surface area (Å²) in [6, 6.07) is 26.8. The average Bonchev–Trinajstić information content (AvgIpc) is 2.84. The van der Waals surface area contributed by atoms with Gasteiger partial charge in [0.05, 0.1) is 4.90 Å². The Morgan fingerprint density at radius 3 is 2.09 bits per heavy atom. The monoisotopic (exact) mass is 444 g/mol. The topological polar surface area (TPSA) is 66.4 Å². The first-order valence-electron chi connectivity index (χ1n) is 10.7. The highest BCUT2D eigenvalue weighted by Gasteiger charge is 2.33. The van der Waals surface area contributed by atoms with Crippen LogP contribution >= 0.6 is 0 Å². The summed E-state index contributed by atoms with van der Waals surface area (Å²) in [6.07, 6.45) is 0. The molecule has 162 valence electrons. The van der Waals surface area contributed by atoms with E-state index in [9.17, 15) is 8.42 Å². The van der Waals surface area contributed by atoms with E-state index in [2.05, 4.69) is 27.2 Å². The lowest BCUT2D eigenvalue weighted by Crippen LogP contribution is -2.54. The summed E-state index contributed by atoms with van der Waals surface area (Å²) in [7, 11) is -3.52. The number of benzene rings is 3. The Bertz CT molecular complexity index is 1340. The van der Waals surface area contributed by atoms with Crippen LogP contribution in [0.5, 0.6) is 0 Å². The van der Waals surface area contributed by atoms with E-state index in [4.69, 9.17) is 0 Å². The Hall–Kier alpha value is -3.29. The van der Waals surface area contributed by atoms with Gasteiger partial charge in [-0.3, -0.25) is 0 Å². The molecule has 5 rings (SSSR count). The van der Waals surface area contributed by atoms with Crippen LogP contribution < -0.4 is 4.90 Å². The minimum Gasteiger partial charge on any atom is -0.349 e. The van der Waals surface area contributed by atoms with Crippen LogP contribution in [-0.4, -0.2) is 48.6 Å². The first kappa shape index (κ1) is 20.6. The summed E-state index contributed by atoms with van der Waals surface area (Å²) >= 11 is 0. The maximum atomic E-state index is 13.1. The fourth-order valence-electron chi connectivity index (χ4n) is 4.31. The highest BCUT2D eigenvalue weighted by Crippen LogP contribution is 2.33. The van der Waals surface area contributed by atoms with Crippen molar-refractivity contribution in [2.75, 3.05) is 24.5 Å². The van der Waals surface area contributed by atoms with Crippen molar-refractivity contribution in [1.82, 2.24) is 14.5 Å². The maximum absolute atomic E-state index is 13.1. The molecule has 1 unspecified atom stereocenters. The van der Waals surface area contributed by atoms with Crippen LogP contribution in [0.15, 0.2) is 89.8 Å². The number of hydrogen-bond acceptors (Lipinski definition) is 5. The van der Waals surface area contributed by atoms with Crippen LogP contribution in [0.3, 0.4) is 0 Å². The molecule has 3 aromatic carbocycles. The lowest BCUT2D eigenvalue weighted by atomic mass is 10.0. The summed E-state index contributed by atoms with van der Waals surface area (Å²) in [6.45, 7) is 3.39. The molecule has 0 bridgehead atoms. The summed E-state index contributed by atoms with van der Waals surface area (Å²) in [5, 5.41) is 11.2. The van der Waals surface area contributed by atoms with Gasteiger partial charge in [-0.05, 0) is 19.1 Å². The van der Waals surface area contributed by atoms with E-state index in [1.165, 1.54) is 0 Å². The SMILES string of the molecule is CC1CN(S(=O)(=O)c2ccccc2)CCN1c1nnc(-c2ccccc2)c2ccccc12. The third-order valence-electron chi connectivity index (χ3n) is 5.96. The quantitative estimate of drug-likeness (QED) is 0.472. The Kier molecular flexibility index (Phi) is 5.36. The van der Waals surface area contributed by atoms with Gasteiger partial charge in [0.25, 0.3) is 0 Å². The van der Waals surface area contributed by atoms with Crippen LogP contribution in [0.25, 0.3) is 22.0 Å². The minimum atomic E-state index is -3.52. The van der Waals surface area contributed by atoms with E-state index >= 15 is 0 Å². The van der Waals surface area contributed by atoms with Crippen LogP contribution in [-0.2, 0) is 10.0 Å². The van der Waals surface area contributed by atoms with E-state index in [1.807, 2.05) is 55.5 Å².